The van der Waals surface area contributed by atoms with Crippen LogP contribution in [0.5, 0.6) is 5.75 Å². The van der Waals surface area contributed by atoms with Crippen LogP contribution in [-0.4, -0.2) is 6.61 Å². The van der Waals surface area contributed by atoms with Crippen LogP contribution in [0.1, 0.15) is 43.4 Å². The summed E-state index contributed by atoms with van der Waals surface area (Å²) in [7, 11) is 0. The second-order valence-corrected chi connectivity index (χ2v) is 4.27. The van der Waals surface area contributed by atoms with Gasteiger partial charge in [0.25, 0.3) is 0 Å². The molecule has 1 heteroatoms. The number of fused-ring (bicyclic) bond motifs is 1. The van der Waals surface area contributed by atoms with E-state index in [-0.39, 0.29) is 0 Å². The van der Waals surface area contributed by atoms with Crippen molar-refractivity contribution in [3.8, 4) is 5.75 Å². The molecule has 1 aromatic carbocycles. The number of benzene rings is 1. The second kappa shape index (κ2) is 3.64. The first-order valence-corrected chi connectivity index (χ1v) is 5.51. The lowest BCUT2D eigenvalue weighted by atomic mass is 9.95. The number of aryl methyl sites for hydroxylation is 1. The van der Waals surface area contributed by atoms with E-state index >= 15 is 0 Å². The summed E-state index contributed by atoms with van der Waals surface area (Å²) in [4.78, 5) is 0. The topological polar surface area (TPSA) is 9.23 Å². The third-order valence-corrected chi connectivity index (χ3v) is 2.93. The average molecular weight is 190 g/mol. The molecule has 0 atom stereocenters. The van der Waals surface area contributed by atoms with Gasteiger partial charge in [0, 0.05) is 6.42 Å². The summed E-state index contributed by atoms with van der Waals surface area (Å²) in [6, 6.07) is 4.61. The van der Waals surface area contributed by atoms with Gasteiger partial charge in [0.2, 0.25) is 0 Å². The second-order valence-electron chi connectivity index (χ2n) is 4.27. The zero-order chi connectivity index (χ0) is 10.1. The molecule has 1 nitrogen and oxygen atoms in total. The molecule has 0 aliphatic carbocycles. The van der Waals surface area contributed by atoms with Crippen molar-refractivity contribution in [3.05, 3.63) is 28.8 Å². The van der Waals surface area contributed by atoms with Crippen LogP contribution in [0.4, 0.5) is 0 Å². The molecule has 1 aliphatic rings. The first-order chi connectivity index (χ1) is 6.72. The molecular formula is C13H18O. The van der Waals surface area contributed by atoms with Crippen molar-refractivity contribution in [2.45, 2.75) is 39.5 Å². The molecule has 14 heavy (non-hydrogen) atoms. The minimum absolute atomic E-state index is 0.617. The van der Waals surface area contributed by atoms with E-state index in [1.54, 1.807) is 0 Å². The van der Waals surface area contributed by atoms with Crippen molar-refractivity contribution < 1.29 is 4.74 Å². The lowest BCUT2D eigenvalue weighted by Gasteiger charge is -2.11. The molecule has 0 fully saturated rings. The standard InChI is InChI=1S/C13H18O/c1-4-10-7-12(9(2)3)8-11-5-6-14-13(10)11/h7-9H,4-6H2,1-3H3. The molecule has 0 saturated carbocycles. The van der Waals surface area contributed by atoms with Crippen LogP contribution in [0.25, 0.3) is 0 Å². The van der Waals surface area contributed by atoms with Gasteiger partial charge in [-0.1, -0.05) is 32.9 Å². The Hall–Kier alpha value is -0.980. The van der Waals surface area contributed by atoms with Gasteiger partial charge in [-0.3, -0.25) is 0 Å². The molecule has 1 aromatic rings. The van der Waals surface area contributed by atoms with Crippen molar-refractivity contribution in [2.24, 2.45) is 0 Å². The smallest absolute Gasteiger partial charge is 0.125 e. The fraction of sp³-hybridized carbons (Fsp3) is 0.538. The maximum absolute atomic E-state index is 5.66. The molecule has 0 unspecified atom stereocenters. The molecule has 1 aliphatic heterocycles. The lowest BCUT2D eigenvalue weighted by Crippen LogP contribution is -1.94. The van der Waals surface area contributed by atoms with Crippen LogP contribution in [0, 0.1) is 0 Å². The zero-order valence-electron chi connectivity index (χ0n) is 9.26. The highest BCUT2D eigenvalue weighted by atomic mass is 16.5. The molecule has 0 amide bonds. The van der Waals surface area contributed by atoms with Crippen LogP contribution in [0.2, 0.25) is 0 Å². The highest BCUT2D eigenvalue weighted by Crippen LogP contribution is 2.33. The molecule has 2 rings (SSSR count). The van der Waals surface area contributed by atoms with Crippen LogP contribution >= 0.6 is 0 Å². The van der Waals surface area contributed by atoms with E-state index in [9.17, 15) is 0 Å². The number of hydrogen-bond acceptors (Lipinski definition) is 1. The Kier molecular flexibility index (Phi) is 2.49. The van der Waals surface area contributed by atoms with E-state index in [2.05, 4.69) is 32.9 Å². The van der Waals surface area contributed by atoms with Gasteiger partial charge in [-0.2, -0.15) is 0 Å². The van der Waals surface area contributed by atoms with Gasteiger partial charge < -0.3 is 4.74 Å². The SMILES string of the molecule is CCc1cc(C(C)C)cc2c1OCC2. The van der Waals surface area contributed by atoms with Crippen LogP contribution in [0.15, 0.2) is 12.1 Å². The molecule has 0 saturated heterocycles. The number of ether oxygens (including phenoxy) is 1. The molecule has 0 N–H and O–H groups in total. The van der Waals surface area contributed by atoms with E-state index in [0.29, 0.717) is 5.92 Å². The molecule has 0 bridgehead atoms. The summed E-state index contributed by atoms with van der Waals surface area (Å²) >= 11 is 0. The third-order valence-electron chi connectivity index (χ3n) is 2.93. The van der Waals surface area contributed by atoms with Gasteiger partial charge in [0.15, 0.2) is 0 Å². The molecule has 0 radical (unpaired) electrons. The Balaban J connectivity index is 2.49. The minimum Gasteiger partial charge on any atom is -0.493 e. The maximum atomic E-state index is 5.66. The minimum atomic E-state index is 0.617. The lowest BCUT2D eigenvalue weighted by molar-refractivity contribution is 0.353. The first-order valence-electron chi connectivity index (χ1n) is 5.51. The van der Waals surface area contributed by atoms with Gasteiger partial charge in [0.1, 0.15) is 5.75 Å². The van der Waals surface area contributed by atoms with Crippen molar-refractivity contribution in [2.75, 3.05) is 6.61 Å². The Morgan fingerprint density at radius 1 is 1.36 bits per heavy atom. The highest BCUT2D eigenvalue weighted by molar-refractivity contribution is 5.47. The summed E-state index contributed by atoms with van der Waals surface area (Å²) in [6.07, 6.45) is 2.16. The fourth-order valence-corrected chi connectivity index (χ4v) is 2.01. The summed E-state index contributed by atoms with van der Waals surface area (Å²) < 4.78 is 5.66. The number of hydrogen-bond donors (Lipinski definition) is 0. The number of rotatable bonds is 2. The Morgan fingerprint density at radius 3 is 2.79 bits per heavy atom. The maximum Gasteiger partial charge on any atom is 0.125 e. The normalized spacial score (nSPS) is 14.3. The first kappa shape index (κ1) is 9.57. The van der Waals surface area contributed by atoms with Crippen LogP contribution in [-0.2, 0) is 12.8 Å². The molecule has 76 valence electrons. The van der Waals surface area contributed by atoms with Gasteiger partial charge in [-0.05, 0) is 29.0 Å². The van der Waals surface area contributed by atoms with E-state index < -0.39 is 0 Å². The Bertz CT molecular complexity index is 339. The Morgan fingerprint density at radius 2 is 2.14 bits per heavy atom. The van der Waals surface area contributed by atoms with Gasteiger partial charge in [-0.25, -0.2) is 0 Å². The van der Waals surface area contributed by atoms with Gasteiger partial charge in [0.05, 0.1) is 6.61 Å². The zero-order valence-corrected chi connectivity index (χ0v) is 9.26. The quantitative estimate of drug-likeness (QED) is 0.695. The molecular weight excluding hydrogens is 172 g/mol. The van der Waals surface area contributed by atoms with Crippen molar-refractivity contribution in [3.63, 3.8) is 0 Å². The van der Waals surface area contributed by atoms with E-state index in [1.807, 2.05) is 0 Å². The summed E-state index contributed by atoms with van der Waals surface area (Å²) in [5, 5.41) is 0. The Labute approximate surface area is 86.1 Å². The summed E-state index contributed by atoms with van der Waals surface area (Å²) in [5.74, 6) is 1.78. The summed E-state index contributed by atoms with van der Waals surface area (Å²) in [6.45, 7) is 7.55. The molecule has 1 heterocycles. The third kappa shape index (κ3) is 1.52. The highest BCUT2D eigenvalue weighted by Gasteiger charge is 2.17. The predicted molar refractivity (Wildman–Crippen MR) is 59.1 cm³/mol. The van der Waals surface area contributed by atoms with E-state index in [1.165, 1.54) is 16.7 Å². The molecule has 0 aromatic heterocycles. The van der Waals surface area contributed by atoms with E-state index in [4.69, 9.17) is 4.74 Å². The van der Waals surface area contributed by atoms with Crippen molar-refractivity contribution >= 4 is 0 Å². The molecule has 0 spiro atoms. The largest absolute Gasteiger partial charge is 0.493 e. The predicted octanol–water partition coefficient (Wildman–Crippen LogP) is 3.31. The average Bonchev–Trinajstić information content (AvgIpc) is 2.63. The fourth-order valence-electron chi connectivity index (χ4n) is 2.01. The monoisotopic (exact) mass is 190 g/mol. The van der Waals surface area contributed by atoms with Gasteiger partial charge in [-0.15, -0.1) is 0 Å². The van der Waals surface area contributed by atoms with Gasteiger partial charge >= 0.3 is 0 Å². The van der Waals surface area contributed by atoms with Crippen LogP contribution in [0.3, 0.4) is 0 Å². The van der Waals surface area contributed by atoms with Crippen molar-refractivity contribution in [1.82, 2.24) is 0 Å². The summed E-state index contributed by atoms with van der Waals surface area (Å²) in [5.41, 5.74) is 4.24. The van der Waals surface area contributed by atoms with E-state index in [0.717, 1.165) is 25.2 Å². The van der Waals surface area contributed by atoms with Crippen molar-refractivity contribution in [1.29, 1.82) is 0 Å². The van der Waals surface area contributed by atoms with Crippen LogP contribution < -0.4 is 4.74 Å².